The average Bonchev–Trinajstić information content (AvgIpc) is 2.35. The number of nitrogens with two attached hydrogens (primary N) is 1. The predicted octanol–water partition coefficient (Wildman–Crippen LogP) is 0.901. The number of anilines is 1. The lowest BCUT2D eigenvalue weighted by Gasteiger charge is -2.07. The van der Waals surface area contributed by atoms with Gasteiger partial charge in [0.25, 0.3) is 0 Å². The maximum Gasteiger partial charge on any atom is 0.324 e. The van der Waals surface area contributed by atoms with Crippen molar-refractivity contribution in [3.63, 3.8) is 0 Å². The molecular weight excluding hydrogens is 222 g/mol. The molecule has 7 heteroatoms. The highest BCUT2D eigenvalue weighted by molar-refractivity contribution is 5.25. The first-order valence-electron chi connectivity index (χ1n) is 5.39. The van der Waals surface area contributed by atoms with Gasteiger partial charge in [0.15, 0.2) is 0 Å². The number of unbranched alkanes of at least 4 members (excludes halogenated alkanes) is 1. The molecular formula is C10H17N5O2. The van der Waals surface area contributed by atoms with Gasteiger partial charge in [-0.3, -0.25) is 5.43 Å². The van der Waals surface area contributed by atoms with Crippen molar-refractivity contribution in [3.05, 3.63) is 12.7 Å². The van der Waals surface area contributed by atoms with Gasteiger partial charge >= 0.3 is 12.0 Å². The lowest BCUT2D eigenvalue weighted by molar-refractivity contribution is 0.267. The van der Waals surface area contributed by atoms with Crippen molar-refractivity contribution in [1.29, 1.82) is 0 Å². The summed E-state index contributed by atoms with van der Waals surface area (Å²) >= 11 is 0. The van der Waals surface area contributed by atoms with Crippen LogP contribution >= 0.6 is 0 Å². The zero-order valence-electron chi connectivity index (χ0n) is 9.85. The van der Waals surface area contributed by atoms with E-state index in [0.717, 1.165) is 12.8 Å². The molecule has 1 aromatic heterocycles. The van der Waals surface area contributed by atoms with Crippen LogP contribution in [0.1, 0.15) is 19.8 Å². The number of nitrogen functional groups attached to an aromatic ring is 1. The molecule has 1 aromatic rings. The van der Waals surface area contributed by atoms with Crippen molar-refractivity contribution in [2.24, 2.45) is 5.84 Å². The Bertz CT molecular complexity index is 359. The Morgan fingerprint density at radius 1 is 1.29 bits per heavy atom. The van der Waals surface area contributed by atoms with E-state index in [0.29, 0.717) is 13.2 Å². The van der Waals surface area contributed by atoms with Crippen LogP contribution in [0, 0.1) is 0 Å². The normalized spacial score (nSPS) is 9.76. The molecule has 17 heavy (non-hydrogen) atoms. The molecule has 7 nitrogen and oxygen atoms in total. The quantitative estimate of drug-likeness (QED) is 0.301. The van der Waals surface area contributed by atoms with Crippen LogP contribution in [0.2, 0.25) is 0 Å². The number of allylic oxidation sites excluding steroid dienone is 1. The van der Waals surface area contributed by atoms with E-state index in [4.69, 9.17) is 15.3 Å². The zero-order chi connectivity index (χ0) is 12.5. The van der Waals surface area contributed by atoms with Gasteiger partial charge < -0.3 is 9.47 Å². The largest absolute Gasteiger partial charge is 0.464 e. The molecule has 94 valence electrons. The molecule has 0 saturated heterocycles. The van der Waals surface area contributed by atoms with Crippen LogP contribution in [0.15, 0.2) is 12.7 Å². The Labute approximate surface area is 100 Å². The summed E-state index contributed by atoms with van der Waals surface area (Å²) in [5.74, 6) is 5.44. The van der Waals surface area contributed by atoms with Gasteiger partial charge in [-0.25, -0.2) is 5.84 Å². The Morgan fingerprint density at radius 2 is 2.00 bits per heavy atom. The molecule has 1 rings (SSSR count). The molecule has 0 fully saturated rings. The fourth-order valence-electron chi connectivity index (χ4n) is 1.05. The van der Waals surface area contributed by atoms with E-state index in [1.165, 1.54) is 0 Å². The Hall–Kier alpha value is -1.89. The number of hydrogen-bond donors (Lipinski definition) is 2. The summed E-state index contributed by atoms with van der Waals surface area (Å²) in [6.45, 7) is 6.43. The van der Waals surface area contributed by atoms with Crippen LogP contribution in [0.5, 0.6) is 12.0 Å². The maximum absolute atomic E-state index is 5.35. The van der Waals surface area contributed by atoms with Gasteiger partial charge in [0.2, 0.25) is 5.95 Å². The molecule has 0 bridgehead atoms. The van der Waals surface area contributed by atoms with E-state index in [1.807, 2.05) is 13.0 Å². The molecule has 0 saturated carbocycles. The number of rotatable bonds is 8. The standard InChI is InChI=1S/C10H17N5O2/c1-3-5-6-7-17-10-13-8(15-11)12-9(14-10)16-4-2/h3H,1,4-7,11H2,2H3,(H,12,13,14,15). The van der Waals surface area contributed by atoms with E-state index in [9.17, 15) is 0 Å². The molecule has 0 radical (unpaired) electrons. The number of aromatic nitrogens is 3. The highest BCUT2D eigenvalue weighted by Gasteiger charge is 2.07. The first-order chi connectivity index (χ1) is 8.30. The lowest BCUT2D eigenvalue weighted by Crippen LogP contribution is -2.13. The summed E-state index contributed by atoms with van der Waals surface area (Å²) < 4.78 is 10.5. The van der Waals surface area contributed by atoms with E-state index < -0.39 is 0 Å². The summed E-state index contributed by atoms with van der Waals surface area (Å²) in [5.41, 5.74) is 2.33. The second kappa shape index (κ2) is 7.39. The lowest BCUT2D eigenvalue weighted by atomic mass is 10.3. The molecule has 0 aliphatic heterocycles. The van der Waals surface area contributed by atoms with E-state index in [1.54, 1.807) is 0 Å². The third-order valence-electron chi connectivity index (χ3n) is 1.78. The van der Waals surface area contributed by atoms with Crippen LogP contribution in [0.25, 0.3) is 0 Å². The van der Waals surface area contributed by atoms with Crippen LogP contribution in [0.3, 0.4) is 0 Å². The second-order valence-corrected chi connectivity index (χ2v) is 3.08. The zero-order valence-corrected chi connectivity index (χ0v) is 9.85. The fourth-order valence-corrected chi connectivity index (χ4v) is 1.05. The summed E-state index contributed by atoms with van der Waals surface area (Å²) in [4.78, 5) is 11.8. The molecule has 0 amide bonds. The number of nitrogens with zero attached hydrogens (tertiary/aromatic N) is 3. The molecule has 3 N–H and O–H groups in total. The second-order valence-electron chi connectivity index (χ2n) is 3.08. The third kappa shape index (κ3) is 4.64. The summed E-state index contributed by atoms with van der Waals surface area (Å²) in [6.07, 6.45) is 3.56. The van der Waals surface area contributed by atoms with Gasteiger partial charge in [-0.2, -0.15) is 9.97 Å². The number of nitrogens with one attached hydrogen (secondary N) is 1. The predicted molar refractivity (Wildman–Crippen MR) is 63.7 cm³/mol. The van der Waals surface area contributed by atoms with Gasteiger partial charge in [-0.1, -0.05) is 6.08 Å². The molecule has 0 aromatic carbocycles. The fraction of sp³-hybridized carbons (Fsp3) is 0.500. The topological polar surface area (TPSA) is 95.2 Å². The minimum absolute atomic E-state index is 0.189. The summed E-state index contributed by atoms with van der Waals surface area (Å²) in [5, 5.41) is 0. The first kappa shape index (κ1) is 13.2. The Morgan fingerprint density at radius 3 is 2.59 bits per heavy atom. The SMILES string of the molecule is C=CCCCOc1nc(NN)nc(OCC)n1. The summed E-state index contributed by atoms with van der Waals surface area (Å²) in [6, 6.07) is 0.384. The maximum atomic E-state index is 5.35. The van der Waals surface area contributed by atoms with E-state index in [-0.39, 0.29) is 18.0 Å². The van der Waals surface area contributed by atoms with Crippen molar-refractivity contribution >= 4 is 5.95 Å². The minimum atomic E-state index is 0.189. The molecule has 0 atom stereocenters. The molecule has 0 aliphatic carbocycles. The van der Waals surface area contributed by atoms with Gasteiger partial charge in [0, 0.05) is 0 Å². The molecule has 0 aliphatic rings. The van der Waals surface area contributed by atoms with Crippen LogP contribution in [-0.2, 0) is 0 Å². The highest BCUT2D eigenvalue weighted by Crippen LogP contribution is 2.12. The number of ether oxygens (including phenoxy) is 2. The van der Waals surface area contributed by atoms with E-state index >= 15 is 0 Å². The van der Waals surface area contributed by atoms with Crippen LogP contribution in [-0.4, -0.2) is 28.2 Å². The monoisotopic (exact) mass is 239 g/mol. The molecule has 0 spiro atoms. The Kier molecular flexibility index (Phi) is 5.73. The average molecular weight is 239 g/mol. The van der Waals surface area contributed by atoms with Gasteiger partial charge in [0.1, 0.15) is 0 Å². The van der Waals surface area contributed by atoms with Gasteiger partial charge in [-0.15, -0.1) is 11.6 Å². The van der Waals surface area contributed by atoms with Crippen molar-refractivity contribution in [1.82, 2.24) is 15.0 Å². The van der Waals surface area contributed by atoms with Crippen LogP contribution in [0.4, 0.5) is 5.95 Å². The van der Waals surface area contributed by atoms with Gasteiger partial charge in [0.05, 0.1) is 13.2 Å². The van der Waals surface area contributed by atoms with Crippen molar-refractivity contribution in [2.45, 2.75) is 19.8 Å². The minimum Gasteiger partial charge on any atom is -0.464 e. The smallest absolute Gasteiger partial charge is 0.324 e. The molecule has 0 unspecified atom stereocenters. The Balaban J connectivity index is 2.62. The summed E-state index contributed by atoms with van der Waals surface area (Å²) in [7, 11) is 0. The third-order valence-corrected chi connectivity index (χ3v) is 1.78. The van der Waals surface area contributed by atoms with E-state index in [2.05, 4.69) is 27.0 Å². The van der Waals surface area contributed by atoms with Crippen LogP contribution < -0.4 is 20.7 Å². The molecule has 1 heterocycles. The number of hydrogen-bond acceptors (Lipinski definition) is 7. The number of hydrazine groups is 1. The van der Waals surface area contributed by atoms with Crippen molar-refractivity contribution in [2.75, 3.05) is 18.6 Å². The van der Waals surface area contributed by atoms with Crippen molar-refractivity contribution < 1.29 is 9.47 Å². The first-order valence-corrected chi connectivity index (χ1v) is 5.39. The van der Waals surface area contributed by atoms with Crippen molar-refractivity contribution in [3.8, 4) is 12.0 Å². The highest BCUT2D eigenvalue weighted by atomic mass is 16.5. The van der Waals surface area contributed by atoms with Gasteiger partial charge in [-0.05, 0) is 19.8 Å².